The summed E-state index contributed by atoms with van der Waals surface area (Å²) in [6.07, 6.45) is 1.77. The van der Waals surface area contributed by atoms with Crippen LogP contribution in [0.3, 0.4) is 0 Å². The molecular formula is C5H9N3. The van der Waals surface area contributed by atoms with Crippen LogP contribution >= 0.6 is 0 Å². The summed E-state index contributed by atoms with van der Waals surface area (Å²) in [5.41, 5.74) is 6.18. The summed E-state index contributed by atoms with van der Waals surface area (Å²) in [7, 11) is 0. The minimum absolute atomic E-state index is 0.638. The summed E-state index contributed by atoms with van der Waals surface area (Å²) in [5.74, 6) is 0.930. The van der Waals surface area contributed by atoms with E-state index in [4.69, 9.17) is 5.73 Å². The van der Waals surface area contributed by atoms with Gasteiger partial charge in [-0.05, 0) is 6.92 Å². The fraction of sp³-hybridized carbons (Fsp3) is 0.400. The Labute approximate surface area is 48.3 Å². The van der Waals surface area contributed by atoms with E-state index < -0.39 is 0 Å². The Bertz CT molecular complexity index is 128. The van der Waals surface area contributed by atoms with Crippen LogP contribution in [0.2, 0.25) is 0 Å². The van der Waals surface area contributed by atoms with Gasteiger partial charge in [0, 0.05) is 11.9 Å². The molecule has 0 radical (unpaired) electrons. The SMILES string of the molecule is CC1=NCC(N)=CN1. The number of nitrogens with two attached hydrogens (primary N) is 1. The quantitative estimate of drug-likeness (QED) is 0.455. The lowest BCUT2D eigenvalue weighted by Crippen LogP contribution is -2.22. The summed E-state index contributed by atoms with van der Waals surface area (Å²) in [4.78, 5) is 4.02. The van der Waals surface area contributed by atoms with Gasteiger partial charge in [0.25, 0.3) is 0 Å². The highest BCUT2D eigenvalue weighted by Crippen LogP contribution is 1.89. The molecule has 1 aliphatic rings. The summed E-state index contributed by atoms with van der Waals surface area (Å²) in [6, 6.07) is 0. The van der Waals surface area contributed by atoms with Crippen molar-refractivity contribution in [3.05, 3.63) is 11.9 Å². The maximum atomic E-state index is 5.39. The van der Waals surface area contributed by atoms with Crippen molar-refractivity contribution in [2.45, 2.75) is 6.92 Å². The van der Waals surface area contributed by atoms with E-state index in [9.17, 15) is 0 Å². The lowest BCUT2D eigenvalue weighted by molar-refractivity contribution is 1.00. The highest BCUT2D eigenvalue weighted by Gasteiger charge is 1.94. The first-order valence-electron chi connectivity index (χ1n) is 2.51. The minimum atomic E-state index is 0.638. The topological polar surface area (TPSA) is 50.4 Å². The molecule has 1 aliphatic heterocycles. The summed E-state index contributed by atoms with van der Waals surface area (Å²) < 4.78 is 0. The largest absolute Gasteiger partial charge is 0.399 e. The van der Waals surface area contributed by atoms with E-state index in [1.807, 2.05) is 6.92 Å². The Morgan fingerprint density at radius 1 is 1.88 bits per heavy atom. The molecule has 1 rings (SSSR count). The molecule has 1 heterocycles. The zero-order valence-electron chi connectivity index (χ0n) is 4.81. The molecule has 3 N–H and O–H groups in total. The van der Waals surface area contributed by atoms with Gasteiger partial charge in [0.05, 0.1) is 12.4 Å². The van der Waals surface area contributed by atoms with Gasteiger partial charge >= 0.3 is 0 Å². The maximum Gasteiger partial charge on any atom is 0.0976 e. The number of amidine groups is 1. The standard InChI is InChI=1S/C5H9N3/c1-4-7-2-5(6)3-8-4/h2H,3,6H2,1H3,(H,7,8). The van der Waals surface area contributed by atoms with Crippen molar-refractivity contribution < 1.29 is 0 Å². The van der Waals surface area contributed by atoms with Gasteiger partial charge in [-0.25, -0.2) is 0 Å². The molecule has 0 atom stereocenters. The minimum Gasteiger partial charge on any atom is -0.399 e. The zero-order valence-corrected chi connectivity index (χ0v) is 4.81. The monoisotopic (exact) mass is 111 g/mol. The Hall–Kier alpha value is -0.990. The number of nitrogens with zero attached hydrogens (tertiary/aromatic N) is 1. The van der Waals surface area contributed by atoms with Crippen LogP contribution in [0, 0.1) is 0 Å². The molecule has 0 unspecified atom stereocenters. The van der Waals surface area contributed by atoms with Crippen molar-refractivity contribution in [1.29, 1.82) is 0 Å². The molecule has 0 fully saturated rings. The lowest BCUT2D eigenvalue weighted by atomic mass is 10.4. The van der Waals surface area contributed by atoms with Gasteiger partial charge in [0.1, 0.15) is 0 Å². The van der Waals surface area contributed by atoms with Crippen molar-refractivity contribution in [3.8, 4) is 0 Å². The van der Waals surface area contributed by atoms with Crippen molar-refractivity contribution in [2.75, 3.05) is 6.54 Å². The first kappa shape index (κ1) is 5.15. The van der Waals surface area contributed by atoms with E-state index in [0.717, 1.165) is 11.5 Å². The van der Waals surface area contributed by atoms with E-state index in [1.165, 1.54) is 0 Å². The first-order chi connectivity index (χ1) is 3.79. The zero-order chi connectivity index (χ0) is 5.98. The van der Waals surface area contributed by atoms with Crippen LogP contribution in [-0.4, -0.2) is 12.4 Å². The second kappa shape index (κ2) is 1.86. The summed E-state index contributed by atoms with van der Waals surface area (Å²) in [5, 5.41) is 2.89. The number of hydrogen-bond donors (Lipinski definition) is 2. The molecule has 0 aromatic heterocycles. The number of rotatable bonds is 0. The number of hydrogen-bond acceptors (Lipinski definition) is 3. The highest BCUT2D eigenvalue weighted by molar-refractivity contribution is 5.81. The molecule has 0 aromatic rings. The predicted octanol–water partition coefficient (Wildman–Crippen LogP) is -0.192. The smallest absolute Gasteiger partial charge is 0.0976 e. The van der Waals surface area contributed by atoms with E-state index in [-0.39, 0.29) is 0 Å². The molecular weight excluding hydrogens is 102 g/mol. The molecule has 3 nitrogen and oxygen atoms in total. The molecule has 0 saturated carbocycles. The molecule has 0 bridgehead atoms. The van der Waals surface area contributed by atoms with E-state index in [1.54, 1.807) is 6.20 Å². The van der Waals surface area contributed by atoms with Crippen molar-refractivity contribution in [3.63, 3.8) is 0 Å². The van der Waals surface area contributed by atoms with Gasteiger partial charge in [0.2, 0.25) is 0 Å². The van der Waals surface area contributed by atoms with E-state index in [2.05, 4.69) is 10.3 Å². The van der Waals surface area contributed by atoms with Gasteiger partial charge in [-0.2, -0.15) is 0 Å². The molecule has 0 saturated heterocycles. The third-order valence-corrected chi connectivity index (χ3v) is 0.965. The Balaban J connectivity index is 2.54. The molecule has 3 heteroatoms. The Kier molecular flexibility index (Phi) is 1.20. The average molecular weight is 111 g/mol. The summed E-state index contributed by atoms with van der Waals surface area (Å²) in [6.45, 7) is 2.54. The molecule has 8 heavy (non-hydrogen) atoms. The normalized spacial score (nSPS) is 18.6. The van der Waals surface area contributed by atoms with Crippen molar-refractivity contribution in [2.24, 2.45) is 10.7 Å². The van der Waals surface area contributed by atoms with Crippen molar-refractivity contribution >= 4 is 5.84 Å². The second-order valence-electron chi connectivity index (χ2n) is 1.77. The first-order valence-corrected chi connectivity index (χ1v) is 2.51. The van der Waals surface area contributed by atoms with Gasteiger partial charge in [0.15, 0.2) is 0 Å². The van der Waals surface area contributed by atoms with Crippen LogP contribution in [0.5, 0.6) is 0 Å². The Morgan fingerprint density at radius 3 is 3.00 bits per heavy atom. The second-order valence-corrected chi connectivity index (χ2v) is 1.77. The summed E-state index contributed by atoms with van der Waals surface area (Å²) >= 11 is 0. The number of aliphatic imine (C=N–C) groups is 1. The van der Waals surface area contributed by atoms with Crippen LogP contribution in [-0.2, 0) is 0 Å². The van der Waals surface area contributed by atoms with Crippen LogP contribution in [0.1, 0.15) is 6.92 Å². The van der Waals surface area contributed by atoms with Crippen molar-refractivity contribution in [1.82, 2.24) is 5.32 Å². The highest BCUT2D eigenvalue weighted by atomic mass is 15.0. The fourth-order valence-corrected chi connectivity index (χ4v) is 0.498. The van der Waals surface area contributed by atoms with Gasteiger partial charge < -0.3 is 11.1 Å². The van der Waals surface area contributed by atoms with Crippen LogP contribution in [0.4, 0.5) is 0 Å². The third kappa shape index (κ3) is 0.992. The average Bonchev–Trinajstić information content (AvgIpc) is 1.77. The third-order valence-electron chi connectivity index (χ3n) is 0.965. The van der Waals surface area contributed by atoms with E-state index in [0.29, 0.717) is 6.54 Å². The molecule has 0 amide bonds. The molecule has 0 aliphatic carbocycles. The van der Waals surface area contributed by atoms with E-state index >= 15 is 0 Å². The van der Waals surface area contributed by atoms with Crippen LogP contribution in [0.15, 0.2) is 16.9 Å². The molecule has 44 valence electrons. The predicted molar refractivity (Wildman–Crippen MR) is 33.4 cm³/mol. The fourth-order valence-electron chi connectivity index (χ4n) is 0.498. The van der Waals surface area contributed by atoms with Gasteiger partial charge in [-0.1, -0.05) is 0 Å². The number of nitrogens with one attached hydrogen (secondary N) is 1. The lowest BCUT2D eigenvalue weighted by Gasteiger charge is -2.06. The van der Waals surface area contributed by atoms with Gasteiger partial charge in [-0.3, -0.25) is 4.99 Å². The van der Waals surface area contributed by atoms with Gasteiger partial charge in [-0.15, -0.1) is 0 Å². The van der Waals surface area contributed by atoms with Crippen LogP contribution in [0.25, 0.3) is 0 Å². The van der Waals surface area contributed by atoms with Crippen LogP contribution < -0.4 is 11.1 Å². The molecule has 0 spiro atoms. The maximum absolute atomic E-state index is 5.39. The molecule has 0 aromatic carbocycles. The Morgan fingerprint density at radius 2 is 2.62 bits per heavy atom.